The Bertz CT molecular complexity index is 882. The molecule has 4 nitrogen and oxygen atoms in total. The van der Waals surface area contributed by atoms with Gasteiger partial charge in [-0.15, -0.1) is 11.8 Å². The minimum absolute atomic E-state index is 0.0139. The van der Waals surface area contributed by atoms with Gasteiger partial charge in [0.1, 0.15) is 11.2 Å². The van der Waals surface area contributed by atoms with Crippen LogP contribution in [-0.2, 0) is 9.59 Å². The first-order valence-corrected chi connectivity index (χ1v) is 9.69. The van der Waals surface area contributed by atoms with Crippen LogP contribution in [0.2, 0.25) is 0 Å². The first kappa shape index (κ1) is 17.1. The number of nitrogens with zero attached hydrogens (tertiary/aromatic N) is 1. The molecule has 1 aliphatic carbocycles. The number of hydrogen-bond acceptors (Lipinski definition) is 3. The number of aryl methyl sites for hydroxylation is 1. The molecule has 1 unspecified atom stereocenters. The molecule has 2 aliphatic rings. The van der Waals surface area contributed by atoms with Crippen LogP contribution >= 0.6 is 11.8 Å². The zero-order valence-corrected chi connectivity index (χ0v) is 15.2. The van der Waals surface area contributed by atoms with Crippen LogP contribution in [0.4, 0.5) is 15.8 Å². The molecule has 1 saturated heterocycles. The van der Waals surface area contributed by atoms with Gasteiger partial charge in [0, 0.05) is 17.2 Å². The lowest BCUT2D eigenvalue weighted by Gasteiger charge is -2.26. The van der Waals surface area contributed by atoms with Crippen molar-refractivity contribution in [1.82, 2.24) is 0 Å². The van der Waals surface area contributed by atoms with Gasteiger partial charge in [0.05, 0.1) is 11.4 Å². The fourth-order valence-electron chi connectivity index (χ4n) is 3.13. The Morgan fingerprint density at radius 2 is 2.00 bits per heavy atom. The lowest BCUT2D eigenvalue weighted by Crippen LogP contribution is -2.29. The summed E-state index contributed by atoms with van der Waals surface area (Å²) in [5, 5.41) is 2.61. The lowest BCUT2D eigenvalue weighted by molar-refractivity contribution is -0.117. The standard InChI is InChI=1S/C20H19FN2O2S/c1-12-6-9-15(21)17(10-12)23-18(24)11-26-20(23)14-4-2-3-5-16(14)22-19(25)13-7-8-13/h2-6,9-10,13,20H,7-8,11H2,1H3,(H,22,25). The third-order valence-electron chi connectivity index (χ3n) is 4.66. The van der Waals surface area contributed by atoms with Gasteiger partial charge in [-0.3, -0.25) is 14.5 Å². The van der Waals surface area contributed by atoms with Crippen molar-refractivity contribution in [3.63, 3.8) is 0 Å². The van der Waals surface area contributed by atoms with Crippen LogP contribution in [0.5, 0.6) is 0 Å². The Labute approximate surface area is 155 Å². The maximum absolute atomic E-state index is 14.4. The van der Waals surface area contributed by atoms with Gasteiger partial charge in [-0.2, -0.15) is 0 Å². The SMILES string of the molecule is Cc1ccc(F)c(N2C(=O)CSC2c2ccccc2NC(=O)C2CC2)c1. The topological polar surface area (TPSA) is 49.4 Å². The van der Waals surface area contributed by atoms with Crippen LogP contribution in [0.15, 0.2) is 42.5 Å². The first-order valence-electron chi connectivity index (χ1n) is 8.64. The maximum atomic E-state index is 14.4. The largest absolute Gasteiger partial charge is 0.325 e. The highest BCUT2D eigenvalue weighted by molar-refractivity contribution is 8.00. The van der Waals surface area contributed by atoms with E-state index in [0.29, 0.717) is 5.69 Å². The third-order valence-corrected chi connectivity index (χ3v) is 5.86. The summed E-state index contributed by atoms with van der Waals surface area (Å²) >= 11 is 1.44. The Morgan fingerprint density at radius 1 is 1.23 bits per heavy atom. The fraction of sp³-hybridized carbons (Fsp3) is 0.300. The molecule has 0 radical (unpaired) electrons. The van der Waals surface area contributed by atoms with Crippen molar-refractivity contribution >= 4 is 35.0 Å². The van der Waals surface area contributed by atoms with Crippen molar-refractivity contribution in [3.8, 4) is 0 Å². The summed E-state index contributed by atoms with van der Waals surface area (Å²) in [6.07, 6.45) is 1.84. The number of anilines is 2. The number of hydrogen-bond donors (Lipinski definition) is 1. The highest BCUT2D eigenvalue weighted by Gasteiger charge is 2.37. The number of para-hydroxylation sites is 1. The Kier molecular flexibility index (Phi) is 4.44. The second-order valence-electron chi connectivity index (χ2n) is 6.73. The van der Waals surface area contributed by atoms with Crippen LogP contribution in [0.25, 0.3) is 0 Å². The summed E-state index contributed by atoms with van der Waals surface area (Å²) in [6, 6.07) is 12.2. The Morgan fingerprint density at radius 3 is 2.77 bits per heavy atom. The molecule has 26 heavy (non-hydrogen) atoms. The predicted molar refractivity (Wildman–Crippen MR) is 102 cm³/mol. The molecule has 0 aromatic heterocycles. The van der Waals surface area contributed by atoms with Gasteiger partial charge < -0.3 is 5.32 Å². The average Bonchev–Trinajstić information content (AvgIpc) is 3.41. The lowest BCUT2D eigenvalue weighted by atomic mass is 10.1. The number of benzene rings is 2. The van der Waals surface area contributed by atoms with Crippen molar-refractivity contribution in [3.05, 3.63) is 59.4 Å². The molecule has 1 atom stereocenters. The molecule has 6 heteroatoms. The smallest absolute Gasteiger partial charge is 0.238 e. The van der Waals surface area contributed by atoms with Gasteiger partial charge in [-0.1, -0.05) is 24.3 Å². The van der Waals surface area contributed by atoms with E-state index in [1.807, 2.05) is 31.2 Å². The fourth-order valence-corrected chi connectivity index (χ4v) is 4.33. The number of halogens is 1. The molecular weight excluding hydrogens is 351 g/mol. The number of amides is 2. The van der Waals surface area contributed by atoms with Crippen molar-refractivity contribution in [1.29, 1.82) is 0 Å². The van der Waals surface area contributed by atoms with Gasteiger partial charge >= 0.3 is 0 Å². The van der Waals surface area contributed by atoms with Gasteiger partial charge in [-0.05, 0) is 43.5 Å². The molecule has 2 amide bonds. The van der Waals surface area contributed by atoms with Crippen molar-refractivity contribution in [2.75, 3.05) is 16.0 Å². The van der Waals surface area contributed by atoms with E-state index in [1.165, 1.54) is 22.7 Å². The van der Waals surface area contributed by atoms with Crippen molar-refractivity contribution in [2.24, 2.45) is 5.92 Å². The van der Waals surface area contributed by atoms with Crippen molar-refractivity contribution < 1.29 is 14.0 Å². The molecule has 1 saturated carbocycles. The van der Waals surface area contributed by atoms with Crippen LogP contribution in [0, 0.1) is 18.7 Å². The molecule has 2 aromatic carbocycles. The normalized spacial score (nSPS) is 19.7. The van der Waals surface area contributed by atoms with E-state index in [2.05, 4.69) is 5.32 Å². The molecule has 2 fully saturated rings. The van der Waals surface area contributed by atoms with E-state index in [4.69, 9.17) is 0 Å². The molecule has 0 spiro atoms. The van der Waals surface area contributed by atoms with E-state index < -0.39 is 5.82 Å². The molecule has 1 N–H and O–H groups in total. The van der Waals surface area contributed by atoms with E-state index in [1.54, 1.807) is 12.1 Å². The zero-order valence-electron chi connectivity index (χ0n) is 14.4. The van der Waals surface area contributed by atoms with E-state index in [0.717, 1.165) is 24.0 Å². The molecule has 1 aliphatic heterocycles. The second-order valence-corrected chi connectivity index (χ2v) is 7.80. The Hall–Kier alpha value is -2.34. The molecule has 1 heterocycles. The molecular formula is C20H19FN2O2S. The van der Waals surface area contributed by atoms with E-state index >= 15 is 0 Å². The van der Waals surface area contributed by atoms with Gasteiger partial charge in [0.15, 0.2) is 0 Å². The molecule has 4 rings (SSSR count). The summed E-state index contributed by atoms with van der Waals surface area (Å²) in [7, 11) is 0. The summed E-state index contributed by atoms with van der Waals surface area (Å²) in [5.41, 5.74) is 2.68. The van der Waals surface area contributed by atoms with Crippen LogP contribution in [-0.4, -0.2) is 17.6 Å². The van der Waals surface area contributed by atoms with Gasteiger partial charge in [0.2, 0.25) is 11.8 Å². The van der Waals surface area contributed by atoms with Gasteiger partial charge in [0.25, 0.3) is 0 Å². The quantitative estimate of drug-likeness (QED) is 0.875. The highest BCUT2D eigenvalue weighted by Crippen LogP contribution is 2.45. The Balaban J connectivity index is 1.71. The summed E-state index contributed by atoms with van der Waals surface area (Å²) in [5.74, 6) is -0.168. The minimum Gasteiger partial charge on any atom is -0.325 e. The van der Waals surface area contributed by atoms with Gasteiger partial charge in [-0.25, -0.2) is 4.39 Å². The summed E-state index contributed by atoms with van der Waals surface area (Å²) < 4.78 is 14.4. The minimum atomic E-state index is -0.420. The van der Waals surface area contributed by atoms with E-state index in [9.17, 15) is 14.0 Å². The van der Waals surface area contributed by atoms with E-state index in [-0.39, 0.29) is 34.5 Å². The van der Waals surface area contributed by atoms with Crippen LogP contribution in [0.3, 0.4) is 0 Å². The zero-order chi connectivity index (χ0) is 18.3. The molecule has 2 aromatic rings. The predicted octanol–water partition coefficient (Wildman–Crippen LogP) is 4.26. The molecule has 134 valence electrons. The monoisotopic (exact) mass is 370 g/mol. The number of carbonyl (C=O) groups is 2. The van der Waals surface area contributed by atoms with Crippen molar-refractivity contribution in [2.45, 2.75) is 25.1 Å². The number of rotatable bonds is 4. The molecule has 0 bridgehead atoms. The average molecular weight is 370 g/mol. The van der Waals surface area contributed by atoms with Crippen LogP contribution < -0.4 is 10.2 Å². The summed E-state index contributed by atoms with van der Waals surface area (Å²) in [6.45, 7) is 1.87. The number of nitrogens with one attached hydrogen (secondary N) is 1. The third kappa shape index (κ3) is 3.21. The summed E-state index contributed by atoms with van der Waals surface area (Å²) in [4.78, 5) is 26.2. The number of thioether (sulfide) groups is 1. The maximum Gasteiger partial charge on any atom is 0.238 e. The first-order chi connectivity index (χ1) is 12.5. The highest BCUT2D eigenvalue weighted by atomic mass is 32.2. The second kappa shape index (κ2) is 6.76. The van der Waals surface area contributed by atoms with Crippen LogP contribution in [0.1, 0.15) is 29.3 Å². The number of carbonyl (C=O) groups excluding carboxylic acids is 2.